The molecule has 0 saturated heterocycles. The van der Waals surface area contributed by atoms with E-state index >= 15 is 0 Å². The molecular formula is C27H47NaO8S. The summed E-state index contributed by atoms with van der Waals surface area (Å²) in [4.78, 5) is 0. The van der Waals surface area contributed by atoms with Gasteiger partial charge in [-0.25, -0.2) is 8.42 Å². The van der Waals surface area contributed by atoms with Crippen LogP contribution in [0.2, 0.25) is 0 Å². The van der Waals surface area contributed by atoms with E-state index in [4.69, 9.17) is 0 Å². The van der Waals surface area contributed by atoms with Crippen LogP contribution in [-0.4, -0.2) is 64.4 Å². The second kappa shape index (κ2) is 11.9. The molecule has 210 valence electrons. The number of hydrogen-bond donors (Lipinski definition) is 4. The molecule has 4 rings (SSSR count). The van der Waals surface area contributed by atoms with Gasteiger partial charge in [-0.3, -0.25) is 4.18 Å². The van der Waals surface area contributed by atoms with Gasteiger partial charge in [-0.15, -0.1) is 0 Å². The molecule has 0 amide bonds. The van der Waals surface area contributed by atoms with Gasteiger partial charge in [0, 0.05) is 5.92 Å². The molecule has 0 heterocycles. The number of rotatable bonds is 8. The van der Waals surface area contributed by atoms with Crippen LogP contribution in [0.5, 0.6) is 0 Å². The predicted octanol–water partition coefficient (Wildman–Crippen LogP) is -0.158. The van der Waals surface area contributed by atoms with Crippen LogP contribution in [-0.2, 0) is 14.6 Å². The maximum Gasteiger partial charge on any atom is 1.00 e. The first-order valence-corrected chi connectivity index (χ1v) is 15.3. The summed E-state index contributed by atoms with van der Waals surface area (Å²) in [5.41, 5.74) is -0.246. The van der Waals surface area contributed by atoms with E-state index in [1.165, 1.54) is 0 Å². The number of aliphatic hydroxyl groups is 4. The summed E-state index contributed by atoms with van der Waals surface area (Å²) < 4.78 is 36.5. The van der Waals surface area contributed by atoms with Crippen molar-refractivity contribution in [1.29, 1.82) is 0 Å². The van der Waals surface area contributed by atoms with Crippen molar-refractivity contribution in [3.8, 4) is 0 Å². The summed E-state index contributed by atoms with van der Waals surface area (Å²) in [7, 11) is -4.78. The van der Waals surface area contributed by atoms with Crippen LogP contribution < -0.4 is 29.6 Å². The van der Waals surface area contributed by atoms with E-state index in [0.717, 1.165) is 44.9 Å². The summed E-state index contributed by atoms with van der Waals surface area (Å²) in [6.07, 6.45) is 5.19. The van der Waals surface area contributed by atoms with Gasteiger partial charge in [0.2, 0.25) is 10.4 Å². The van der Waals surface area contributed by atoms with Crippen LogP contribution in [0.25, 0.3) is 0 Å². The zero-order valence-corrected chi connectivity index (χ0v) is 26.1. The molecule has 0 aliphatic heterocycles. The van der Waals surface area contributed by atoms with Gasteiger partial charge in [-0.1, -0.05) is 27.7 Å². The van der Waals surface area contributed by atoms with Crippen molar-refractivity contribution in [2.75, 3.05) is 6.61 Å². The first-order chi connectivity index (χ1) is 16.7. The van der Waals surface area contributed by atoms with E-state index in [1.807, 2.05) is 0 Å². The van der Waals surface area contributed by atoms with Crippen LogP contribution in [0.3, 0.4) is 0 Å². The van der Waals surface area contributed by atoms with Crippen LogP contribution in [0.4, 0.5) is 0 Å². The molecule has 0 radical (unpaired) electrons. The van der Waals surface area contributed by atoms with Crippen molar-refractivity contribution >= 4 is 10.4 Å². The molecule has 3 unspecified atom stereocenters. The van der Waals surface area contributed by atoms with Gasteiger partial charge < -0.3 is 25.0 Å². The Hall–Kier alpha value is 0.710. The van der Waals surface area contributed by atoms with Gasteiger partial charge in [0.15, 0.2) is 0 Å². The zero-order valence-electron chi connectivity index (χ0n) is 23.3. The van der Waals surface area contributed by atoms with Crippen LogP contribution in [0.1, 0.15) is 85.5 Å². The van der Waals surface area contributed by atoms with Crippen molar-refractivity contribution in [1.82, 2.24) is 0 Å². The topological polar surface area (TPSA) is 147 Å². The van der Waals surface area contributed by atoms with Crippen molar-refractivity contribution in [2.24, 2.45) is 52.3 Å². The molecule has 8 nitrogen and oxygen atoms in total. The Bertz CT molecular complexity index is 888. The average molecular weight is 555 g/mol. The number of hydrogen-bond acceptors (Lipinski definition) is 8. The molecule has 4 saturated carbocycles. The van der Waals surface area contributed by atoms with Gasteiger partial charge in [-0.05, 0) is 104 Å². The third kappa shape index (κ3) is 6.16. The normalized spacial score (nSPS) is 46.1. The number of fused-ring (bicyclic) bond motifs is 5. The molecule has 4 aliphatic carbocycles. The van der Waals surface area contributed by atoms with E-state index in [9.17, 15) is 33.4 Å². The molecule has 4 N–H and O–H groups in total. The molecule has 4 fully saturated rings. The maximum absolute atomic E-state index is 11.7. The third-order valence-corrected chi connectivity index (χ3v) is 12.0. The quantitative estimate of drug-likeness (QED) is 0.184. The monoisotopic (exact) mass is 554 g/mol. The second-order valence-electron chi connectivity index (χ2n) is 13.3. The Morgan fingerprint density at radius 1 is 1.00 bits per heavy atom. The van der Waals surface area contributed by atoms with Crippen molar-refractivity contribution in [3.63, 3.8) is 0 Å². The van der Waals surface area contributed by atoms with Crippen molar-refractivity contribution < 1.29 is 67.1 Å². The minimum atomic E-state index is -4.78. The SMILES string of the molecule is C[C@H](CC[C@@H](O)[C@@H](C)COS(=O)(=O)[O-])[C@H]1CCC2C3C(C[C@H](O)[C@@]21C)[C@@]1(C)CC[C@@H](O)C[C@H]1C[C@H]3O.[Na+]. The number of aliphatic hydroxyl groups excluding tert-OH is 4. The minimum Gasteiger partial charge on any atom is -0.726 e. The first kappa shape index (κ1) is 32.2. The molecule has 0 aromatic rings. The Balaban J connectivity index is 0.00000380. The Morgan fingerprint density at radius 3 is 2.32 bits per heavy atom. The summed E-state index contributed by atoms with van der Waals surface area (Å²) in [6, 6.07) is 0. The fourth-order valence-electron chi connectivity index (χ4n) is 9.35. The predicted molar refractivity (Wildman–Crippen MR) is 133 cm³/mol. The molecule has 13 atom stereocenters. The smallest absolute Gasteiger partial charge is 0.726 e. The molecule has 0 aromatic carbocycles. The summed E-state index contributed by atoms with van der Waals surface area (Å²) >= 11 is 0. The first-order valence-electron chi connectivity index (χ1n) is 14.0. The van der Waals surface area contributed by atoms with Crippen LogP contribution in [0, 0.1) is 52.3 Å². The van der Waals surface area contributed by atoms with Crippen LogP contribution >= 0.6 is 0 Å². The summed E-state index contributed by atoms with van der Waals surface area (Å²) in [5, 5.41) is 43.9. The van der Waals surface area contributed by atoms with Gasteiger partial charge in [0.25, 0.3) is 0 Å². The minimum absolute atomic E-state index is 0. The summed E-state index contributed by atoms with van der Waals surface area (Å²) in [5.74, 6) is 1.02. The Morgan fingerprint density at radius 2 is 1.68 bits per heavy atom. The van der Waals surface area contributed by atoms with E-state index in [2.05, 4.69) is 25.0 Å². The average Bonchev–Trinajstić information content (AvgIpc) is 3.15. The van der Waals surface area contributed by atoms with E-state index in [0.29, 0.717) is 18.8 Å². The summed E-state index contributed by atoms with van der Waals surface area (Å²) in [6.45, 7) is 8.05. The van der Waals surface area contributed by atoms with Gasteiger partial charge >= 0.3 is 29.6 Å². The third-order valence-electron chi connectivity index (χ3n) is 11.6. The van der Waals surface area contributed by atoms with Gasteiger partial charge in [-0.2, -0.15) is 0 Å². The van der Waals surface area contributed by atoms with E-state index < -0.39 is 34.6 Å². The molecule has 37 heavy (non-hydrogen) atoms. The van der Waals surface area contributed by atoms with E-state index in [-0.39, 0.29) is 82.7 Å². The van der Waals surface area contributed by atoms with Crippen molar-refractivity contribution in [3.05, 3.63) is 0 Å². The molecule has 0 spiro atoms. The molecule has 4 aliphatic rings. The zero-order chi connectivity index (χ0) is 26.6. The molecule has 0 bridgehead atoms. The Kier molecular flexibility index (Phi) is 10.4. The van der Waals surface area contributed by atoms with Crippen molar-refractivity contribution in [2.45, 2.75) is 110 Å². The van der Waals surface area contributed by atoms with Gasteiger partial charge in [0.05, 0.1) is 31.0 Å². The standard InChI is InChI=1S/C27H48O8S.Na/c1-15(5-8-22(29)16(2)14-35-36(32,33)34)19-6-7-20-25-21(13-24(31)27(19,20)4)26(3)10-9-18(28)11-17(26)12-23(25)30;/h15-25,28-31H,5-14H2,1-4H3,(H,32,33,34);/q;+1/p-1/t15-,16+,17+,18-,19-,20?,21?,22-,23-,24+,25?,26+,27-;/m1./s1. The molecular weight excluding hydrogens is 507 g/mol. The van der Waals surface area contributed by atoms with Crippen LogP contribution in [0.15, 0.2) is 0 Å². The van der Waals surface area contributed by atoms with E-state index in [1.54, 1.807) is 6.92 Å². The Labute approximate surface area is 245 Å². The molecule has 10 heteroatoms. The fourth-order valence-corrected chi connectivity index (χ4v) is 9.73. The largest absolute Gasteiger partial charge is 1.00 e. The maximum atomic E-state index is 11.7. The van der Waals surface area contributed by atoms with Gasteiger partial charge in [0.1, 0.15) is 0 Å². The fraction of sp³-hybridized carbons (Fsp3) is 1.00. The second-order valence-corrected chi connectivity index (χ2v) is 14.4. The molecule has 0 aromatic heterocycles.